The number of nitrogens with zero attached hydrogens (tertiary/aromatic N) is 1. The molecular formula is C15H24N2O. The molecule has 0 aliphatic carbocycles. The summed E-state index contributed by atoms with van der Waals surface area (Å²) in [6.07, 6.45) is 0. The monoisotopic (exact) mass is 248 g/mol. The molecule has 1 aromatic rings. The Balaban J connectivity index is 2.12. The largest absolute Gasteiger partial charge is 0.379 e. The van der Waals surface area contributed by atoms with Gasteiger partial charge in [0.25, 0.3) is 0 Å². The van der Waals surface area contributed by atoms with Gasteiger partial charge in [-0.2, -0.15) is 0 Å². The van der Waals surface area contributed by atoms with Gasteiger partial charge in [0.2, 0.25) is 0 Å². The van der Waals surface area contributed by atoms with Crippen molar-refractivity contribution in [3.05, 3.63) is 35.9 Å². The molecule has 3 heteroatoms. The Morgan fingerprint density at radius 1 is 1.39 bits per heavy atom. The van der Waals surface area contributed by atoms with Crippen molar-refractivity contribution in [1.82, 2.24) is 4.90 Å². The van der Waals surface area contributed by atoms with E-state index >= 15 is 0 Å². The third kappa shape index (κ3) is 2.91. The first-order valence-corrected chi connectivity index (χ1v) is 6.73. The van der Waals surface area contributed by atoms with E-state index < -0.39 is 0 Å². The number of hydrogen-bond donors (Lipinski definition) is 1. The predicted molar refractivity (Wildman–Crippen MR) is 74.7 cm³/mol. The summed E-state index contributed by atoms with van der Waals surface area (Å²) in [4.78, 5) is 2.49. The van der Waals surface area contributed by atoms with Crippen molar-refractivity contribution < 1.29 is 4.74 Å². The summed E-state index contributed by atoms with van der Waals surface area (Å²) in [5.74, 6) is 0. The normalized spacial score (nSPS) is 24.7. The van der Waals surface area contributed by atoms with Gasteiger partial charge in [-0.1, -0.05) is 37.3 Å². The standard InChI is InChI=1S/C15H24N2O/c1-13-10-18-9-8-17(13)12-15(2,11-16)14-6-4-3-5-7-14/h3-7,13H,8-12,16H2,1-2H3. The summed E-state index contributed by atoms with van der Waals surface area (Å²) in [7, 11) is 0. The maximum atomic E-state index is 6.04. The van der Waals surface area contributed by atoms with E-state index in [1.54, 1.807) is 0 Å². The Morgan fingerprint density at radius 2 is 2.11 bits per heavy atom. The summed E-state index contributed by atoms with van der Waals surface area (Å²) in [5, 5.41) is 0. The third-order valence-electron chi connectivity index (χ3n) is 3.98. The van der Waals surface area contributed by atoms with E-state index in [0.717, 1.165) is 26.3 Å². The number of nitrogens with two attached hydrogens (primary N) is 1. The minimum Gasteiger partial charge on any atom is -0.379 e. The van der Waals surface area contributed by atoms with Crippen LogP contribution in [0.5, 0.6) is 0 Å². The van der Waals surface area contributed by atoms with Gasteiger partial charge in [-0.3, -0.25) is 4.90 Å². The van der Waals surface area contributed by atoms with Gasteiger partial charge in [-0.25, -0.2) is 0 Å². The molecular weight excluding hydrogens is 224 g/mol. The highest BCUT2D eigenvalue weighted by Crippen LogP contribution is 2.25. The molecule has 0 bridgehead atoms. The zero-order chi connectivity index (χ0) is 13.0. The molecule has 0 spiro atoms. The SMILES string of the molecule is CC1COCCN1CC(C)(CN)c1ccccc1. The lowest BCUT2D eigenvalue weighted by Crippen LogP contribution is -2.51. The topological polar surface area (TPSA) is 38.5 Å². The van der Waals surface area contributed by atoms with Gasteiger partial charge in [0.05, 0.1) is 13.2 Å². The van der Waals surface area contributed by atoms with Gasteiger partial charge in [-0.15, -0.1) is 0 Å². The zero-order valence-corrected chi connectivity index (χ0v) is 11.4. The highest BCUT2D eigenvalue weighted by molar-refractivity contribution is 5.25. The highest BCUT2D eigenvalue weighted by Gasteiger charge is 2.30. The molecule has 2 rings (SSSR count). The van der Waals surface area contributed by atoms with E-state index in [-0.39, 0.29) is 5.41 Å². The van der Waals surface area contributed by atoms with Crippen LogP contribution < -0.4 is 5.73 Å². The fourth-order valence-corrected chi connectivity index (χ4v) is 2.56. The molecule has 1 heterocycles. The van der Waals surface area contributed by atoms with Crippen LogP contribution >= 0.6 is 0 Å². The lowest BCUT2D eigenvalue weighted by atomic mass is 9.81. The number of morpholine rings is 1. The fraction of sp³-hybridized carbons (Fsp3) is 0.600. The molecule has 1 aromatic carbocycles. The van der Waals surface area contributed by atoms with Crippen molar-refractivity contribution in [1.29, 1.82) is 0 Å². The lowest BCUT2D eigenvalue weighted by Gasteiger charge is -2.40. The van der Waals surface area contributed by atoms with Gasteiger partial charge in [0.1, 0.15) is 0 Å². The average Bonchev–Trinajstić information content (AvgIpc) is 2.42. The van der Waals surface area contributed by atoms with Crippen LogP contribution in [0.3, 0.4) is 0 Å². The van der Waals surface area contributed by atoms with Crippen molar-refractivity contribution in [2.45, 2.75) is 25.3 Å². The molecule has 0 aromatic heterocycles. The second kappa shape index (κ2) is 5.83. The summed E-state index contributed by atoms with van der Waals surface area (Å²) in [6, 6.07) is 11.1. The quantitative estimate of drug-likeness (QED) is 0.880. The molecule has 100 valence electrons. The number of ether oxygens (including phenoxy) is 1. The van der Waals surface area contributed by atoms with Crippen LogP contribution in [-0.2, 0) is 10.2 Å². The molecule has 3 nitrogen and oxygen atoms in total. The second-order valence-corrected chi connectivity index (χ2v) is 5.53. The molecule has 1 fully saturated rings. The predicted octanol–water partition coefficient (Wildman–Crippen LogP) is 1.62. The van der Waals surface area contributed by atoms with Crippen LogP contribution in [-0.4, -0.2) is 43.8 Å². The molecule has 2 atom stereocenters. The molecule has 0 amide bonds. The molecule has 2 unspecified atom stereocenters. The van der Waals surface area contributed by atoms with E-state index in [1.165, 1.54) is 5.56 Å². The van der Waals surface area contributed by atoms with E-state index in [1.807, 2.05) is 0 Å². The van der Waals surface area contributed by atoms with Crippen molar-refractivity contribution in [2.24, 2.45) is 5.73 Å². The second-order valence-electron chi connectivity index (χ2n) is 5.53. The van der Waals surface area contributed by atoms with E-state index in [4.69, 9.17) is 10.5 Å². The minimum atomic E-state index is 0.0207. The fourth-order valence-electron chi connectivity index (χ4n) is 2.56. The zero-order valence-electron chi connectivity index (χ0n) is 11.4. The van der Waals surface area contributed by atoms with Crippen molar-refractivity contribution in [3.63, 3.8) is 0 Å². The van der Waals surface area contributed by atoms with Crippen LogP contribution in [0.2, 0.25) is 0 Å². The summed E-state index contributed by atoms with van der Waals surface area (Å²) in [5.41, 5.74) is 7.39. The number of hydrogen-bond acceptors (Lipinski definition) is 3. The van der Waals surface area contributed by atoms with Crippen LogP contribution in [0.1, 0.15) is 19.4 Å². The van der Waals surface area contributed by atoms with Crippen LogP contribution in [0, 0.1) is 0 Å². The van der Waals surface area contributed by atoms with Crippen LogP contribution in [0.25, 0.3) is 0 Å². The Morgan fingerprint density at radius 3 is 2.72 bits per heavy atom. The van der Waals surface area contributed by atoms with Crippen molar-refractivity contribution >= 4 is 0 Å². The number of rotatable bonds is 4. The van der Waals surface area contributed by atoms with Crippen molar-refractivity contribution in [2.75, 3.05) is 32.8 Å². The van der Waals surface area contributed by atoms with Gasteiger partial charge in [-0.05, 0) is 12.5 Å². The van der Waals surface area contributed by atoms with Crippen molar-refractivity contribution in [3.8, 4) is 0 Å². The molecule has 0 radical (unpaired) electrons. The first kappa shape index (κ1) is 13.5. The minimum absolute atomic E-state index is 0.0207. The van der Waals surface area contributed by atoms with Gasteiger partial charge in [0.15, 0.2) is 0 Å². The van der Waals surface area contributed by atoms with E-state index in [9.17, 15) is 0 Å². The van der Waals surface area contributed by atoms with Crippen LogP contribution in [0.4, 0.5) is 0 Å². The molecule has 0 saturated carbocycles. The molecule has 1 saturated heterocycles. The Hall–Kier alpha value is -0.900. The maximum absolute atomic E-state index is 6.04. The Labute approximate surface area is 110 Å². The lowest BCUT2D eigenvalue weighted by molar-refractivity contribution is -0.00898. The third-order valence-corrected chi connectivity index (χ3v) is 3.98. The molecule has 2 N–H and O–H groups in total. The Kier molecular flexibility index (Phi) is 4.38. The average molecular weight is 248 g/mol. The molecule has 1 aliphatic rings. The summed E-state index contributed by atoms with van der Waals surface area (Å²) >= 11 is 0. The van der Waals surface area contributed by atoms with Gasteiger partial charge >= 0.3 is 0 Å². The van der Waals surface area contributed by atoms with Gasteiger partial charge < -0.3 is 10.5 Å². The van der Waals surface area contributed by atoms with E-state index in [0.29, 0.717) is 12.6 Å². The maximum Gasteiger partial charge on any atom is 0.0619 e. The summed E-state index contributed by atoms with van der Waals surface area (Å²) < 4.78 is 5.49. The van der Waals surface area contributed by atoms with E-state index in [2.05, 4.69) is 49.1 Å². The summed E-state index contributed by atoms with van der Waals surface area (Å²) in [6.45, 7) is 8.81. The first-order chi connectivity index (χ1) is 8.65. The number of benzene rings is 1. The van der Waals surface area contributed by atoms with Gasteiger partial charge in [0, 0.05) is 31.1 Å². The molecule has 18 heavy (non-hydrogen) atoms. The smallest absolute Gasteiger partial charge is 0.0619 e. The van der Waals surface area contributed by atoms with Crippen LogP contribution in [0.15, 0.2) is 30.3 Å². The molecule has 1 aliphatic heterocycles. The highest BCUT2D eigenvalue weighted by atomic mass is 16.5. The Bertz CT molecular complexity index is 368. The first-order valence-electron chi connectivity index (χ1n) is 6.73.